The Hall–Kier alpha value is -3.75. The summed E-state index contributed by atoms with van der Waals surface area (Å²) < 4.78 is 31.5. The Kier molecular flexibility index (Phi) is 5.08. The number of carbonyl (C=O) groups excluding carboxylic acids is 3. The van der Waals surface area contributed by atoms with Gasteiger partial charge in [-0.05, 0) is 17.7 Å². The average Bonchev–Trinajstić information content (AvgIpc) is 2.93. The van der Waals surface area contributed by atoms with Crippen molar-refractivity contribution in [2.45, 2.75) is 6.54 Å². The van der Waals surface area contributed by atoms with Crippen LogP contribution in [0.4, 0.5) is 14.5 Å². The third kappa shape index (κ3) is 3.68. The van der Waals surface area contributed by atoms with Crippen molar-refractivity contribution in [3.05, 3.63) is 70.9 Å². The van der Waals surface area contributed by atoms with Gasteiger partial charge in [0.2, 0.25) is 0 Å². The van der Waals surface area contributed by atoms with Crippen molar-refractivity contribution in [2.75, 3.05) is 12.4 Å². The minimum absolute atomic E-state index is 0.109. The number of benzene rings is 2. The second kappa shape index (κ2) is 7.47. The molecule has 2 N–H and O–H groups in total. The first-order chi connectivity index (χ1) is 13.3. The smallest absolute Gasteiger partial charge is 0.337 e. The molecule has 1 aliphatic rings. The zero-order valence-electron chi connectivity index (χ0n) is 14.5. The van der Waals surface area contributed by atoms with E-state index in [9.17, 15) is 23.2 Å². The number of nitrogens with one attached hydrogen (secondary N) is 1. The molecule has 0 fully saturated rings. The normalized spacial score (nSPS) is 13.5. The molecule has 2 aromatic carbocycles. The van der Waals surface area contributed by atoms with Gasteiger partial charge in [-0.15, -0.1) is 0 Å². The van der Waals surface area contributed by atoms with Gasteiger partial charge < -0.3 is 15.2 Å². The van der Waals surface area contributed by atoms with Crippen molar-refractivity contribution < 1.29 is 33.0 Å². The Balaban J connectivity index is 1.76. The highest BCUT2D eigenvalue weighted by Crippen LogP contribution is 2.26. The van der Waals surface area contributed by atoms with E-state index in [1.807, 2.05) is 0 Å². The van der Waals surface area contributed by atoms with Crippen LogP contribution >= 0.6 is 0 Å². The van der Waals surface area contributed by atoms with Crippen LogP contribution in [0, 0.1) is 11.6 Å². The van der Waals surface area contributed by atoms with Crippen LogP contribution in [-0.2, 0) is 20.9 Å². The van der Waals surface area contributed by atoms with Gasteiger partial charge in [0.25, 0.3) is 11.8 Å². The highest BCUT2D eigenvalue weighted by Gasteiger charge is 2.31. The summed E-state index contributed by atoms with van der Waals surface area (Å²) in [6.45, 7) is -0.109. The second-order valence-corrected chi connectivity index (χ2v) is 5.89. The molecule has 0 saturated carbocycles. The molecule has 3 rings (SSSR count). The van der Waals surface area contributed by atoms with Crippen molar-refractivity contribution in [1.82, 2.24) is 4.90 Å². The number of rotatable bonds is 5. The molecule has 28 heavy (non-hydrogen) atoms. The fourth-order valence-corrected chi connectivity index (χ4v) is 2.64. The summed E-state index contributed by atoms with van der Waals surface area (Å²) in [5.41, 5.74) is 0.453. The lowest BCUT2D eigenvalue weighted by atomic mass is 10.1. The summed E-state index contributed by atoms with van der Waals surface area (Å²) in [5.74, 6) is -5.45. The van der Waals surface area contributed by atoms with Crippen LogP contribution in [0.1, 0.15) is 15.9 Å². The van der Waals surface area contributed by atoms with E-state index in [1.54, 1.807) is 12.1 Å². The van der Waals surface area contributed by atoms with Crippen LogP contribution in [0.15, 0.2) is 48.2 Å². The Morgan fingerprint density at radius 3 is 2.50 bits per heavy atom. The summed E-state index contributed by atoms with van der Waals surface area (Å²) in [4.78, 5) is 37.1. The van der Waals surface area contributed by atoms with Crippen LogP contribution in [0.5, 0.6) is 5.75 Å². The monoisotopic (exact) mass is 388 g/mol. The zero-order chi connectivity index (χ0) is 20.4. The van der Waals surface area contributed by atoms with Gasteiger partial charge in [-0.2, -0.15) is 0 Å². The number of phenols is 1. The second-order valence-electron chi connectivity index (χ2n) is 5.89. The maximum absolute atomic E-state index is 13.4. The minimum Gasteiger partial charge on any atom is -0.503 e. The van der Waals surface area contributed by atoms with Gasteiger partial charge in [0, 0.05) is 23.9 Å². The largest absolute Gasteiger partial charge is 0.503 e. The number of methoxy groups -OCH3 is 1. The maximum atomic E-state index is 13.4. The zero-order valence-corrected chi connectivity index (χ0v) is 14.5. The van der Waals surface area contributed by atoms with E-state index in [0.29, 0.717) is 5.56 Å². The van der Waals surface area contributed by atoms with Gasteiger partial charge >= 0.3 is 5.97 Å². The number of phenolic OH excluding ortho intramolecular Hbond substituents is 1. The lowest BCUT2D eigenvalue weighted by molar-refractivity contribution is -0.137. The van der Waals surface area contributed by atoms with Crippen molar-refractivity contribution in [2.24, 2.45) is 0 Å². The average molecular weight is 388 g/mol. The van der Waals surface area contributed by atoms with Crippen LogP contribution in [0.3, 0.4) is 0 Å². The van der Waals surface area contributed by atoms with Gasteiger partial charge in [0.1, 0.15) is 5.70 Å². The number of carbonyl (C=O) groups is 3. The minimum atomic E-state index is -1.21. The molecular formula is C19H14F2N2O5. The Morgan fingerprint density at radius 1 is 1.18 bits per heavy atom. The highest BCUT2D eigenvalue weighted by molar-refractivity contribution is 6.17. The first-order valence-corrected chi connectivity index (χ1v) is 8.00. The molecule has 0 atom stereocenters. The van der Waals surface area contributed by atoms with Crippen molar-refractivity contribution in [3.8, 4) is 5.75 Å². The number of hydrogen-bond acceptors (Lipinski definition) is 6. The van der Waals surface area contributed by atoms with E-state index in [0.717, 1.165) is 23.1 Å². The Bertz CT molecular complexity index is 996. The molecule has 0 bridgehead atoms. The molecule has 1 aliphatic heterocycles. The van der Waals surface area contributed by atoms with Gasteiger partial charge in [0.15, 0.2) is 17.4 Å². The predicted octanol–water partition coefficient (Wildman–Crippen LogP) is 2.32. The maximum Gasteiger partial charge on any atom is 0.337 e. The first-order valence-electron chi connectivity index (χ1n) is 8.00. The first kappa shape index (κ1) is 19.0. The van der Waals surface area contributed by atoms with Crippen LogP contribution < -0.4 is 5.32 Å². The molecule has 0 unspecified atom stereocenters. The third-order valence-corrected chi connectivity index (χ3v) is 3.99. The van der Waals surface area contributed by atoms with E-state index in [4.69, 9.17) is 5.11 Å². The van der Waals surface area contributed by atoms with E-state index in [1.165, 1.54) is 19.2 Å². The molecule has 0 spiro atoms. The lowest BCUT2D eigenvalue weighted by Gasteiger charge is -2.16. The number of nitrogens with zero attached hydrogens (tertiary/aromatic N) is 1. The van der Waals surface area contributed by atoms with Gasteiger partial charge in [-0.3, -0.25) is 14.5 Å². The van der Waals surface area contributed by atoms with E-state index in [2.05, 4.69) is 10.1 Å². The molecule has 144 valence electrons. The molecule has 2 amide bonds. The summed E-state index contributed by atoms with van der Waals surface area (Å²) >= 11 is 0. The quantitative estimate of drug-likeness (QED) is 0.464. The lowest BCUT2D eigenvalue weighted by Crippen LogP contribution is -2.31. The SMILES string of the molecule is COC(=O)c1cccc(CN2C(=O)C=C(Nc3cc(F)c(O)c(F)c3)C2=O)c1. The number of aromatic hydroxyl groups is 1. The number of amides is 2. The molecule has 1 heterocycles. The van der Waals surface area contributed by atoms with Gasteiger partial charge in [-0.25, -0.2) is 13.6 Å². The molecule has 0 aromatic heterocycles. The Morgan fingerprint density at radius 2 is 1.86 bits per heavy atom. The number of anilines is 1. The van der Waals surface area contributed by atoms with Gasteiger partial charge in [0.05, 0.1) is 19.2 Å². The topological polar surface area (TPSA) is 95.9 Å². The van der Waals surface area contributed by atoms with E-state index >= 15 is 0 Å². The van der Waals surface area contributed by atoms with Gasteiger partial charge in [-0.1, -0.05) is 12.1 Å². The molecule has 0 saturated heterocycles. The predicted molar refractivity (Wildman–Crippen MR) is 93.1 cm³/mol. The number of hydrogen-bond donors (Lipinski definition) is 2. The third-order valence-electron chi connectivity index (χ3n) is 3.99. The number of imide groups is 1. The Labute approximate surface area is 157 Å². The van der Waals surface area contributed by atoms with Crippen molar-refractivity contribution >= 4 is 23.5 Å². The summed E-state index contributed by atoms with van der Waals surface area (Å²) in [5, 5.41) is 11.6. The highest BCUT2D eigenvalue weighted by atomic mass is 19.1. The molecule has 0 radical (unpaired) electrons. The fourth-order valence-electron chi connectivity index (χ4n) is 2.64. The summed E-state index contributed by atoms with van der Waals surface area (Å²) in [6.07, 6.45) is 0.995. The number of halogens is 2. The summed E-state index contributed by atoms with van der Waals surface area (Å²) in [7, 11) is 1.24. The number of ether oxygens (including phenoxy) is 1. The molecule has 9 heteroatoms. The summed E-state index contributed by atoms with van der Waals surface area (Å²) in [6, 6.07) is 7.81. The van der Waals surface area contributed by atoms with Crippen molar-refractivity contribution in [1.29, 1.82) is 0 Å². The van der Waals surface area contributed by atoms with Crippen LogP contribution in [-0.4, -0.2) is 34.9 Å². The van der Waals surface area contributed by atoms with Crippen LogP contribution in [0.2, 0.25) is 0 Å². The molecule has 0 aliphatic carbocycles. The molecule has 2 aromatic rings. The van der Waals surface area contributed by atoms with Crippen molar-refractivity contribution in [3.63, 3.8) is 0 Å². The molecule has 7 nitrogen and oxygen atoms in total. The van der Waals surface area contributed by atoms with E-state index in [-0.39, 0.29) is 23.5 Å². The van der Waals surface area contributed by atoms with Crippen LogP contribution in [0.25, 0.3) is 0 Å². The molecular weight excluding hydrogens is 374 g/mol. The standard InChI is InChI=1S/C19H14F2N2O5/c1-28-19(27)11-4-2-3-10(5-11)9-23-16(24)8-15(18(23)26)22-12-6-13(20)17(25)14(21)7-12/h2-8,22,25H,9H2,1H3. The number of esters is 1. The van der Waals surface area contributed by atoms with E-state index < -0.39 is 35.2 Å². The fraction of sp³-hybridized carbons (Fsp3) is 0.105.